The van der Waals surface area contributed by atoms with Crippen molar-refractivity contribution in [1.82, 2.24) is 0 Å². The van der Waals surface area contributed by atoms with E-state index in [0.717, 1.165) is 6.66 Å². The van der Waals surface area contributed by atoms with Crippen molar-refractivity contribution in [2.24, 2.45) is 0 Å². The van der Waals surface area contributed by atoms with Crippen LogP contribution in [-0.4, -0.2) is 26.9 Å². The molecule has 0 aliphatic carbocycles. The molecule has 0 N–H and O–H groups in total. The molecule has 0 heterocycles. The Morgan fingerprint density at radius 2 is 1.83 bits per heavy atom. The summed E-state index contributed by atoms with van der Waals surface area (Å²) in [5.74, 6) is 0. The van der Waals surface area contributed by atoms with E-state index in [2.05, 4.69) is 4.18 Å². The van der Waals surface area contributed by atoms with Crippen LogP contribution in [0.25, 0.3) is 0 Å². The van der Waals surface area contributed by atoms with Crippen LogP contribution < -0.4 is 0 Å². The first-order valence-corrected chi connectivity index (χ1v) is 5.81. The van der Waals surface area contributed by atoms with Crippen molar-refractivity contribution in [3.63, 3.8) is 0 Å². The second kappa shape index (κ2) is 3.68. The van der Waals surface area contributed by atoms with Gasteiger partial charge in [-0.05, 0) is 0 Å². The Balaban J connectivity index is 4.37. The first kappa shape index (κ1) is 11.8. The van der Waals surface area contributed by atoms with E-state index in [-0.39, 0.29) is 0 Å². The summed E-state index contributed by atoms with van der Waals surface area (Å²) in [6.45, 7) is 1.06. The predicted octanol–water partition coefficient (Wildman–Crippen LogP) is 1.27. The van der Waals surface area contributed by atoms with Gasteiger partial charge in [-0.2, -0.15) is 21.6 Å². The molecule has 0 spiro atoms. The third-order valence-electron chi connectivity index (χ3n) is 0.673. The monoisotopic (exact) mass is 225 g/mol. The van der Waals surface area contributed by atoms with Gasteiger partial charge in [0.05, 0.1) is 0 Å². The molecule has 0 aromatic rings. The van der Waals surface area contributed by atoms with Crippen LogP contribution in [0, 0.1) is 0 Å². The first-order valence-electron chi connectivity index (χ1n) is 2.51. The van der Waals surface area contributed by atoms with Gasteiger partial charge in [-0.1, -0.05) is 4.57 Å². The van der Waals surface area contributed by atoms with E-state index >= 15 is 0 Å². The van der Waals surface area contributed by atoms with Crippen molar-refractivity contribution in [2.75, 3.05) is 13.0 Å². The van der Waals surface area contributed by atoms with Crippen LogP contribution in [0.3, 0.4) is 0 Å². The van der Waals surface area contributed by atoms with Crippen molar-refractivity contribution < 1.29 is 30.3 Å². The standard InChI is InChI=1S/C3H5F3O4PS/c1-11(7)2-10-12(8,9)3(4,5)6/h2H2,1H3/q+1. The molecular formula is C3H5F3O4PS+. The summed E-state index contributed by atoms with van der Waals surface area (Å²) >= 11 is 0. The first-order chi connectivity index (χ1) is 5.17. The van der Waals surface area contributed by atoms with Crippen molar-refractivity contribution in [2.45, 2.75) is 5.51 Å². The largest absolute Gasteiger partial charge is 0.523 e. The Labute approximate surface area is 67.6 Å². The van der Waals surface area contributed by atoms with Gasteiger partial charge in [0.2, 0.25) is 0 Å². The van der Waals surface area contributed by atoms with Crippen molar-refractivity contribution in [1.29, 1.82) is 0 Å². The summed E-state index contributed by atoms with van der Waals surface area (Å²) in [7, 11) is -7.64. The topological polar surface area (TPSA) is 60.4 Å². The molecule has 0 aliphatic heterocycles. The highest BCUT2D eigenvalue weighted by Crippen LogP contribution is 2.27. The van der Waals surface area contributed by atoms with Gasteiger partial charge in [0.15, 0.2) is 0 Å². The molecule has 0 rings (SSSR count). The van der Waals surface area contributed by atoms with Gasteiger partial charge in [-0.25, -0.2) is 4.18 Å². The Kier molecular flexibility index (Phi) is 3.61. The lowest BCUT2D eigenvalue weighted by Crippen LogP contribution is -2.25. The summed E-state index contributed by atoms with van der Waals surface area (Å²) in [4.78, 5) is 0. The smallest absolute Gasteiger partial charge is 0.213 e. The summed E-state index contributed by atoms with van der Waals surface area (Å²) in [6.07, 6.45) is -0.947. The maximum atomic E-state index is 11.5. The van der Waals surface area contributed by atoms with E-state index < -0.39 is 29.8 Å². The minimum atomic E-state index is -5.58. The minimum Gasteiger partial charge on any atom is -0.213 e. The van der Waals surface area contributed by atoms with Crippen LogP contribution in [0.1, 0.15) is 0 Å². The molecule has 0 saturated carbocycles. The lowest BCUT2D eigenvalue weighted by Gasteiger charge is -2.03. The highest BCUT2D eigenvalue weighted by molar-refractivity contribution is 7.87. The Morgan fingerprint density at radius 1 is 1.42 bits per heavy atom. The van der Waals surface area contributed by atoms with E-state index in [1.165, 1.54) is 0 Å². The maximum Gasteiger partial charge on any atom is 0.523 e. The van der Waals surface area contributed by atoms with Gasteiger partial charge in [0.1, 0.15) is 6.66 Å². The van der Waals surface area contributed by atoms with E-state index in [1.807, 2.05) is 0 Å². The lowest BCUT2D eigenvalue weighted by molar-refractivity contribution is -0.0530. The zero-order valence-corrected chi connectivity index (χ0v) is 7.54. The number of rotatable bonds is 3. The van der Waals surface area contributed by atoms with Gasteiger partial charge in [0, 0.05) is 0 Å². The number of hydrogen-bond donors (Lipinski definition) is 0. The van der Waals surface area contributed by atoms with Crippen molar-refractivity contribution in [3.05, 3.63) is 0 Å². The molecule has 0 bridgehead atoms. The summed E-state index contributed by atoms with van der Waals surface area (Å²) < 4.78 is 68.2. The zero-order valence-electron chi connectivity index (χ0n) is 5.83. The molecule has 12 heavy (non-hydrogen) atoms. The number of hydrogen-bond acceptors (Lipinski definition) is 4. The van der Waals surface area contributed by atoms with Crippen LogP contribution in [0.4, 0.5) is 13.2 Å². The molecule has 0 saturated heterocycles. The normalized spacial score (nSPS) is 14.5. The third kappa shape index (κ3) is 3.46. The highest BCUT2D eigenvalue weighted by Gasteiger charge is 2.48. The second-order valence-electron chi connectivity index (χ2n) is 1.77. The number of halogens is 3. The van der Waals surface area contributed by atoms with Gasteiger partial charge in [0.25, 0.3) is 6.35 Å². The molecule has 0 aromatic heterocycles. The number of alkyl halides is 3. The molecular weight excluding hydrogens is 220 g/mol. The Bertz CT molecular complexity index is 268. The fourth-order valence-corrected chi connectivity index (χ4v) is 1.49. The highest BCUT2D eigenvalue weighted by atomic mass is 32.2. The molecule has 9 heteroatoms. The molecule has 0 aromatic carbocycles. The van der Waals surface area contributed by atoms with Crippen LogP contribution in [0.2, 0.25) is 0 Å². The summed E-state index contributed by atoms with van der Waals surface area (Å²) in [5.41, 5.74) is -5.45. The quantitative estimate of drug-likeness (QED) is 0.412. The second-order valence-corrected chi connectivity index (χ2v) is 4.90. The van der Waals surface area contributed by atoms with E-state index in [1.54, 1.807) is 0 Å². The predicted molar refractivity (Wildman–Crippen MR) is 34.5 cm³/mol. The average molecular weight is 225 g/mol. The van der Waals surface area contributed by atoms with Crippen molar-refractivity contribution in [3.8, 4) is 0 Å². The minimum absolute atomic E-state index is 0.947. The Morgan fingerprint density at radius 3 is 2.08 bits per heavy atom. The van der Waals surface area contributed by atoms with E-state index in [4.69, 9.17) is 0 Å². The molecule has 1 unspecified atom stereocenters. The SMILES string of the molecule is C[P+](=O)COS(=O)(=O)C(F)(F)F. The van der Waals surface area contributed by atoms with E-state index in [0.29, 0.717) is 0 Å². The summed E-state index contributed by atoms with van der Waals surface area (Å²) in [6, 6.07) is 0. The molecule has 0 fully saturated rings. The Hall–Kier alpha value is -0.200. The molecule has 4 nitrogen and oxygen atoms in total. The average Bonchev–Trinajstić information content (AvgIpc) is 1.81. The molecule has 1 atom stereocenters. The van der Waals surface area contributed by atoms with E-state index in [9.17, 15) is 26.2 Å². The van der Waals surface area contributed by atoms with Gasteiger partial charge >= 0.3 is 23.4 Å². The fraction of sp³-hybridized carbons (Fsp3) is 1.00. The summed E-state index contributed by atoms with van der Waals surface area (Å²) in [5, 5.41) is 0. The van der Waals surface area contributed by atoms with Crippen LogP contribution in [-0.2, 0) is 18.9 Å². The molecule has 0 radical (unpaired) electrons. The molecule has 0 aliphatic rings. The lowest BCUT2D eigenvalue weighted by atomic mass is 11.6. The van der Waals surface area contributed by atoms with Crippen LogP contribution in [0.5, 0.6) is 0 Å². The van der Waals surface area contributed by atoms with Gasteiger partial charge in [-0.3, -0.25) is 0 Å². The molecule has 0 amide bonds. The maximum absolute atomic E-state index is 11.5. The van der Waals surface area contributed by atoms with Gasteiger partial charge in [-0.15, -0.1) is 0 Å². The zero-order chi connectivity index (χ0) is 9.99. The van der Waals surface area contributed by atoms with Crippen LogP contribution >= 0.6 is 7.80 Å². The van der Waals surface area contributed by atoms with Crippen molar-refractivity contribution >= 4 is 17.9 Å². The van der Waals surface area contributed by atoms with Crippen LogP contribution in [0.15, 0.2) is 0 Å². The third-order valence-corrected chi connectivity index (χ3v) is 2.34. The fourth-order valence-electron chi connectivity index (χ4n) is 0.210. The molecule has 72 valence electrons. The van der Waals surface area contributed by atoms with Gasteiger partial charge < -0.3 is 0 Å².